The Morgan fingerprint density at radius 2 is 2.28 bits per heavy atom. The van der Waals surface area contributed by atoms with Gasteiger partial charge in [0.15, 0.2) is 5.95 Å². The molecule has 2 heterocycles. The third-order valence-electron chi connectivity index (χ3n) is 3.00. The molecule has 0 saturated carbocycles. The molecule has 1 aromatic heterocycles. The first kappa shape index (κ1) is 13.2. The molecule has 0 aliphatic carbocycles. The SMILES string of the molecule is CO[C@H]1C(O)[C@@H](CO)O[C@H]1c1ccc(=O)[nH]c1F. The summed E-state index contributed by atoms with van der Waals surface area (Å²) in [5.74, 6) is -0.833. The van der Waals surface area contributed by atoms with Gasteiger partial charge in [0.2, 0.25) is 5.56 Å². The van der Waals surface area contributed by atoms with Gasteiger partial charge in [0.05, 0.1) is 6.61 Å². The number of aromatic nitrogens is 1. The topological polar surface area (TPSA) is 91.8 Å². The minimum absolute atomic E-state index is 0.0800. The van der Waals surface area contributed by atoms with Gasteiger partial charge in [-0.15, -0.1) is 0 Å². The van der Waals surface area contributed by atoms with Crippen molar-refractivity contribution in [1.29, 1.82) is 0 Å². The van der Waals surface area contributed by atoms with E-state index in [9.17, 15) is 14.3 Å². The van der Waals surface area contributed by atoms with Crippen LogP contribution in [0.5, 0.6) is 0 Å². The van der Waals surface area contributed by atoms with Crippen molar-refractivity contribution < 1.29 is 24.1 Å². The number of nitrogens with one attached hydrogen (secondary N) is 1. The lowest BCUT2D eigenvalue weighted by molar-refractivity contribution is -0.0248. The molecule has 1 aromatic rings. The number of aliphatic hydroxyl groups excluding tert-OH is 2. The molecule has 100 valence electrons. The van der Waals surface area contributed by atoms with Crippen LogP contribution < -0.4 is 5.56 Å². The van der Waals surface area contributed by atoms with Crippen molar-refractivity contribution in [3.63, 3.8) is 0 Å². The van der Waals surface area contributed by atoms with Gasteiger partial charge in [-0.1, -0.05) is 0 Å². The summed E-state index contributed by atoms with van der Waals surface area (Å²) in [6.07, 6.45) is -3.58. The maximum absolute atomic E-state index is 13.6. The average molecular weight is 259 g/mol. The molecule has 0 amide bonds. The Bertz CT molecular complexity index is 477. The molecule has 1 fully saturated rings. The number of aromatic amines is 1. The van der Waals surface area contributed by atoms with Crippen LogP contribution in [0.1, 0.15) is 11.7 Å². The summed E-state index contributed by atoms with van der Waals surface area (Å²) in [5.41, 5.74) is -0.487. The number of H-pyrrole nitrogens is 1. The van der Waals surface area contributed by atoms with Crippen LogP contribution in [0.2, 0.25) is 0 Å². The summed E-state index contributed by atoms with van der Waals surface area (Å²) in [6, 6.07) is 2.43. The minimum atomic E-state index is -1.06. The van der Waals surface area contributed by atoms with Crippen LogP contribution in [0, 0.1) is 5.95 Å². The van der Waals surface area contributed by atoms with E-state index in [2.05, 4.69) is 0 Å². The molecule has 2 rings (SSSR count). The van der Waals surface area contributed by atoms with Crippen LogP contribution in [0.4, 0.5) is 4.39 Å². The Kier molecular flexibility index (Phi) is 3.76. The van der Waals surface area contributed by atoms with Crippen LogP contribution in [0.25, 0.3) is 0 Å². The maximum atomic E-state index is 13.6. The first-order chi connectivity index (χ1) is 8.58. The molecule has 7 heteroatoms. The Hall–Kier alpha value is -1.28. The molecule has 0 spiro atoms. The molecule has 3 N–H and O–H groups in total. The monoisotopic (exact) mass is 259 g/mol. The van der Waals surface area contributed by atoms with E-state index in [4.69, 9.17) is 14.6 Å². The third kappa shape index (κ3) is 2.17. The van der Waals surface area contributed by atoms with Gasteiger partial charge in [-0.3, -0.25) is 9.78 Å². The van der Waals surface area contributed by atoms with Crippen molar-refractivity contribution >= 4 is 0 Å². The number of aliphatic hydroxyl groups is 2. The second-order valence-electron chi connectivity index (χ2n) is 4.06. The van der Waals surface area contributed by atoms with Crippen molar-refractivity contribution in [3.05, 3.63) is 34.0 Å². The minimum Gasteiger partial charge on any atom is -0.394 e. The molecule has 6 nitrogen and oxygen atoms in total. The second-order valence-corrected chi connectivity index (χ2v) is 4.06. The zero-order chi connectivity index (χ0) is 13.3. The van der Waals surface area contributed by atoms with E-state index in [1.54, 1.807) is 0 Å². The summed E-state index contributed by atoms with van der Waals surface area (Å²) in [6.45, 7) is -0.400. The Morgan fingerprint density at radius 1 is 1.56 bits per heavy atom. The lowest BCUT2D eigenvalue weighted by Gasteiger charge is -2.18. The fraction of sp³-hybridized carbons (Fsp3) is 0.545. The summed E-state index contributed by atoms with van der Waals surface area (Å²) in [5, 5.41) is 18.9. The molecule has 1 aliphatic rings. The van der Waals surface area contributed by atoms with Crippen LogP contribution in [-0.4, -0.2) is 47.2 Å². The van der Waals surface area contributed by atoms with E-state index in [-0.39, 0.29) is 5.56 Å². The van der Waals surface area contributed by atoms with Crippen LogP contribution in [0.3, 0.4) is 0 Å². The summed E-state index contributed by atoms with van der Waals surface area (Å²) in [4.78, 5) is 12.9. The summed E-state index contributed by atoms with van der Waals surface area (Å²) in [7, 11) is 1.35. The first-order valence-electron chi connectivity index (χ1n) is 5.44. The number of methoxy groups -OCH3 is 1. The van der Waals surface area contributed by atoms with Crippen molar-refractivity contribution in [3.8, 4) is 0 Å². The Labute approximate surface area is 102 Å². The predicted molar refractivity (Wildman–Crippen MR) is 58.5 cm³/mol. The third-order valence-corrected chi connectivity index (χ3v) is 3.00. The Balaban J connectivity index is 2.34. The number of rotatable bonds is 3. The Morgan fingerprint density at radius 3 is 2.83 bits per heavy atom. The zero-order valence-corrected chi connectivity index (χ0v) is 9.67. The van der Waals surface area contributed by atoms with Gasteiger partial charge in [-0.05, 0) is 6.07 Å². The normalized spacial score (nSPS) is 31.8. The van der Waals surface area contributed by atoms with Gasteiger partial charge >= 0.3 is 0 Å². The predicted octanol–water partition coefficient (Wildman–Crippen LogP) is -0.678. The van der Waals surface area contributed by atoms with E-state index in [1.165, 1.54) is 13.2 Å². The van der Waals surface area contributed by atoms with E-state index >= 15 is 0 Å². The highest BCUT2D eigenvalue weighted by Gasteiger charge is 2.45. The van der Waals surface area contributed by atoms with Crippen molar-refractivity contribution in [2.45, 2.75) is 24.4 Å². The molecule has 4 atom stereocenters. The van der Waals surface area contributed by atoms with Gasteiger partial charge in [-0.25, -0.2) is 0 Å². The van der Waals surface area contributed by atoms with Gasteiger partial charge in [0.1, 0.15) is 24.4 Å². The van der Waals surface area contributed by atoms with Crippen molar-refractivity contribution in [2.75, 3.05) is 13.7 Å². The molecule has 0 radical (unpaired) electrons. The molecule has 0 bridgehead atoms. The van der Waals surface area contributed by atoms with Crippen molar-refractivity contribution in [2.24, 2.45) is 0 Å². The lowest BCUT2D eigenvalue weighted by Crippen LogP contribution is -2.34. The van der Waals surface area contributed by atoms with Crippen molar-refractivity contribution in [1.82, 2.24) is 4.98 Å². The lowest BCUT2D eigenvalue weighted by atomic mass is 10.0. The van der Waals surface area contributed by atoms with Gasteiger partial charge in [-0.2, -0.15) is 4.39 Å². The molecule has 1 aliphatic heterocycles. The quantitative estimate of drug-likeness (QED) is 0.626. The number of halogens is 1. The summed E-state index contributed by atoms with van der Waals surface area (Å²) >= 11 is 0. The number of hydrogen-bond acceptors (Lipinski definition) is 5. The van der Waals surface area contributed by atoms with E-state index in [1.807, 2.05) is 4.98 Å². The average Bonchev–Trinajstić information content (AvgIpc) is 2.65. The fourth-order valence-electron chi connectivity index (χ4n) is 2.08. The second kappa shape index (κ2) is 5.15. The number of ether oxygens (including phenoxy) is 2. The molecular formula is C11H14FNO5. The highest BCUT2D eigenvalue weighted by Crippen LogP contribution is 2.35. The fourth-order valence-corrected chi connectivity index (χ4v) is 2.08. The van der Waals surface area contributed by atoms with E-state index < -0.39 is 42.5 Å². The first-order valence-corrected chi connectivity index (χ1v) is 5.44. The van der Waals surface area contributed by atoms with Gasteiger partial charge in [0.25, 0.3) is 0 Å². The van der Waals surface area contributed by atoms with Crippen LogP contribution >= 0.6 is 0 Å². The molecular weight excluding hydrogens is 245 g/mol. The molecule has 0 aromatic carbocycles. The van der Waals surface area contributed by atoms with Crippen LogP contribution in [0.15, 0.2) is 16.9 Å². The zero-order valence-electron chi connectivity index (χ0n) is 9.67. The molecule has 1 unspecified atom stereocenters. The van der Waals surface area contributed by atoms with E-state index in [0.717, 1.165) is 6.07 Å². The molecule has 18 heavy (non-hydrogen) atoms. The maximum Gasteiger partial charge on any atom is 0.250 e. The smallest absolute Gasteiger partial charge is 0.250 e. The largest absolute Gasteiger partial charge is 0.394 e. The highest BCUT2D eigenvalue weighted by atomic mass is 19.1. The van der Waals surface area contributed by atoms with E-state index in [0.29, 0.717) is 0 Å². The number of pyridine rings is 1. The van der Waals surface area contributed by atoms with Gasteiger partial charge in [0, 0.05) is 18.7 Å². The standard InChI is InChI=1S/C11H14FNO5/c1-17-10-8(16)6(4-14)18-9(10)5-2-3-7(15)13-11(5)12/h2-3,6,8-10,14,16H,4H2,1H3,(H,13,15)/t6-,8?,9+,10+/m1/s1. The summed E-state index contributed by atoms with van der Waals surface area (Å²) < 4.78 is 24.0. The highest BCUT2D eigenvalue weighted by molar-refractivity contribution is 5.18. The van der Waals surface area contributed by atoms with Crippen LogP contribution in [-0.2, 0) is 9.47 Å². The number of hydrogen-bond donors (Lipinski definition) is 3. The molecule has 1 saturated heterocycles. The van der Waals surface area contributed by atoms with Gasteiger partial charge < -0.3 is 19.7 Å².